The number of nitrogens with one attached hydrogen (secondary N) is 2. The fourth-order valence-electron chi connectivity index (χ4n) is 3.47. The van der Waals surface area contributed by atoms with E-state index in [1.807, 2.05) is 0 Å². The second kappa shape index (κ2) is 11.7. The molecule has 2 rings (SSSR count). The molecule has 34 heavy (non-hydrogen) atoms. The molecule has 0 aromatic heterocycles. The molecule has 14 nitrogen and oxygen atoms in total. The number of carbonyl (C=O) groups excluding carboxylic acids is 5. The van der Waals surface area contributed by atoms with E-state index in [-0.39, 0.29) is 38.8 Å². The number of aliphatic hydroxyl groups is 2. The second-order valence-electron chi connectivity index (χ2n) is 8.45. The van der Waals surface area contributed by atoms with Crippen molar-refractivity contribution in [1.29, 1.82) is 0 Å². The molecule has 2 saturated heterocycles. The topological polar surface area (TPSA) is 207 Å². The monoisotopic (exact) mass is 488 g/mol. The van der Waals surface area contributed by atoms with Gasteiger partial charge in [0.05, 0.1) is 19.1 Å². The zero-order valence-corrected chi connectivity index (χ0v) is 19.3. The summed E-state index contributed by atoms with van der Waals surface area (Å²) in [6.07, 6.45) is -3.96. The normalized spacial score (nSPS) is 30.1. The van der Waals surface area contributed by atoms with Crippen LogP contribution in [0, 0.1) is 0 Å². The first-order valence-electron chi connectivity index (χ1n) is 10.9. The third-order valence-corrected chi connectivity index (χ3v) is 5.42. The summed E-state index contributed by atoms with van der Waals surface area (Å²) in [6, 6.07) is -1.97. The maximum Gasteiger partial charge on any atom is 0.333 e. The lowest BCUT2D eigenvalue weighted by Crippen LogP contribution is -2.71. The molecule has 0 aromatic carbocycles. The van der Waals surface area contributed by atoms with Crippen LogP contribution in [0.5, 0.6) is 0 Å². The summed E-state index contributed by atoms with van der Waals surface area (Å²) in [5.41, 5.74) is 3.61. The Hall–Kier alpha value is -2.65. The Morgan fingerprint density at radius 1 is 1.29 bits per heavy atom. The molecule has 4 amide bonds. The van der Waals surface area contributed by atoms with Crippen molar-refractivity contribution >= 4 is 29.6 Å². The van der Waals surface area contributed by atoms with Crippen molar-refractivity contribution in [2.24, 2.45) is 5.73 Å². The molecule has 0 radical (unpaired) electrons. The molecule has 0 aliphatic carbocycles. The zero-order chi connectivity index (χ0) is 25.6. The van der Waals surface area contributed by atoms with Crippen molar-refractivity contribution in [2.45, 2.75) is 82.6 Å². The van der Waals surface area contributed by atoms with E-state index in [9.17, 15) is 34.2 Å². The Balaban J connectivity index is 1.96. The van der Waals surface area contributed by atoms with Gasteiger partial charge in [-0.3, -0.25) is 19.2 Å². The minimum absolute atomic E-state index is 0.0175. The van der Waals surface area contributed by atoms with Crippen LogP contribution in [0.3, 0.4) is 0 Å². The molecule has 2 aliphatic rings. The van der Waals surface area contributed by atoms with Gasteiger partial charge in [-0.15, -0.1) is 5.06 Å². The summed E-state index contributed by atoms with van der Waals surface area (Å²) in [4.78, 5) is 63.1. The Morgan fingerprint density at radius 2 is 1.91 bits per heavy atom. The predicted molar refractivity (Wildman–Crippen MR) is 112 cm³/mol. The average molecular weight is 488 g/mol. The largest absolute Gasteiger partial charge is 0.387 e. The summed E-state index contributed by atoms with van der Waals surface area (Å²) in [5, 5.41) is 26.9. The number of carbonyl (C=O) groups is 5. The van der Waals surface area contributed by atoms with Crippen molar-refractivity contribution in [3.05, 3.63) is 0 Å². The van der Waals surface area contributed by atoms with E-state index in [1.54, 1.807) is 0 Å². The van der Waals surface area contributed by atoms with Crippen LogP contribution in [0.25, 0.3) is 0 Å². The molecule has 6 atom stereocenters. The van der Waals surface area contributed by atoms with Gasteiger partial charge in [-0.05, 0) is 20.3 Å². The third kappa shape index (κ3) is 6.93. The van der Waals surface area contributed by atoms with Crippen LogP contribution in [0.1, 0.15) is 46.5 Å². The van der Waals surface area contributed by atoms with Gasteiger partial charge >= 0.3 is 5.97 Å². The van der Waals surface area contributed by atoms with E-state index in [1.165, 1.54) is 20.8 Å². The molecule has 0 saturated carbocycles. The Labute approximate surface area is 196 Å². The van der Waals surface area contributed by atoms with E-state index in [0.717, 1.165) is 0 Å². The van der Waals surface area contributed by atoms with Gasteiger partial charge in [0.2, 0.25) is 11.8 Å². The first-order valence-corrected chi connectivity index (χ1v) is 10.9. The summed E-state index contributed by atoms with van der Waals surface area (Å²) in [5.74, 6) is -3.00. The van der Waals surface area contributed by atoms with Gasteiger partial charge < -0.3 is 40.9 Å². The minimum atomic E-state index is -1.90. The molecule has 2 aliphatic heterocycles. The van der Waals surface area contributed by atoms with Crippen molar-refractivity contribution in [3.63, 3.8) is 0 Å². The number of aliphatic hydroxyl groups excluding tert-OH is 1. The fourth-order valence-corrected chi connectivity index (χ4v) is 3.47. The lowest BCUT2D eigenvalue weighted by atomic mass is 9.83. The maximum absolute atomic E-state index is 11.9. The third-order valence-electron chi connectivity index (χ3n) is 5.42. The number of hydroxylamine groups is 2. The number of hydrogen-bond donors (Lipinski definition) is 5. The van der Waals surface area contributed by atoms with E-state index in [4.69, 9.17) is 20.0 Å². The predicted octanol–water partition coefficient (Wildman–Crippen LogP) is -2.80. The quantitative estimate of drug-likeness (QED) is 0.157. The number of hydrogen-bond acceptors (Lipinski definition) is 11. The summed E-state index contributed by atoms with van der Waals surface area (Å²) in [7, 11) is 0. The van der Waals surface area contributed by atoms with Gasteiger partial charge in [0.1, 0.15) is 23.9 Å². The molecule has 192 valence electrons. The summed E-state index contributed by atoms with van der Waals surface area (Å²) in [6.45, 7) is 3.70. The highest BCUT2D eigenvalue weighted by Gasteiger charge is 2.53. The first-order chi connectivity index (χ1) is 15.8. The Bertz CT molecular complexity index is 786. The molecule has 0 aromatic rings. The molecule has 0 spiro atoms. The van der Waals surface area contributed by atoms with Crippen LogP contribution in [0.2, 0.25) is 0 Å². The number of ether oxygens (including phenoxy) is 2. The van der Waals surface area contributed by atoms with E-state index >= 15 is 0 Å². The van der Waals surface area contributed by atoms with Crippen molar-refractivity contribution in [2.75, 3.05) is 13.2 Å². The van der Waals surface area contributed by atoms with Crippen LogP contribution >= 0.6 is 0 Å². The van der Waals surface area contributed by atoms with Crippen molar-refractivity contribution in [3.8, 4) is 0 Å². The molecule has 14 heteroatoms. The van der Waals surface area contributed by atoms with Crippen LogP contribution in [0.4, 0.5) is 0 Å². The first kappa shape index (κ1) is 27.6. The van der Waals surface area contributed by atoms with Gasteiger partial charge in [-0.25, -0.2) is 4.79 Å². The average Bonchev–Trinajstić information content (AvgIpc) is 3.06. The van der Waals surface area contributed by atoms with Gasteiger partial charge in [0, 0.05) is 26.3 Å². The standard InChI is InChI=1S/C20H32N4O10/c1-10(21)18(30)22-9-12-17(29)20(3,31)16(23-11(2)25)19(33-12)32-8-4-5-15(28)34-24-13(26)6-7-14(24)27/h10,12,16-17,19,29,31H,4-9,21H2,1-3H3,(H,22,30)(H,23,25). The highest BCUT2D eigenvalue weighted by molar-refractivity contribution is 6.01. The van der Waals surface area contributed by atoms with Crippen molar-refractivity contribution < 1.29 is 48.5 Å². The number of nitrogens with zero attached hydrogens (tertiary/aromatic N) is 1. The minimum Gasteiger partial charge on any atom is -0.387 e. The molecule has 0 bridgehead atoms. The lowest BCUT2D eigenvalue weighted by molar-refractivity contribution is -0.289. The molecular formula is C20H32N4O10. The van der Waals surface area contributed by atoms with Gasteiger partial charge in [-0.1, -0.05) is 0 Å². The molecular weight excluding hydrogens is 456 g/mol. The lowest BCUT2D eigenvalue weighted by Gasteiger charge is -2.48. The second-order valence-corrected chi connectivity index (χ2v) is 8.45. The van der Waals surface area contributed by atoms with Gasteiger partial charge in [0.15, 0.2) is 6.29 Å². The van der Waals surface area contributed by atoms with Crippen molar-refractivity contribution in [1.82, 2.24) is 15.7 Å². The Morgan fingerprint density at radius 3 is 2.47 bits per heavy atom. The SMILES string of the molecule is CC(=O)NC1C(OCCCC(=O)ON2C(=O)CCC2=O)OC(CNC(=O)C(C)N)C(O)C1(C)O. The van der Waals surface area contributed by atoms with Gasteiger partial charge in [-0.2, -0.15) is 0 Å². The highest BCUT2D eigenvalue weighted by Crippen LogP contribution is 2.30. The van der Waals surface area contributed by atoms with E-state index in [0.29, 0.717) is 5.06 Å². The molecule has 2 fully saturated rings. The smallest absolute Gasteiger partial charge is 0.333 e. The number of imide groups is 1. The summed E-state index contributed by atoms with van der Waals surface area (Å²) >= 11 is 0. The maximum atomic E-state index is 11.9. The number of nitrogens with two attached hydrogens (primary N) is 1. The Kier molecular flexibility index (Phi) is 9.46. The fraction of sp³-hybridized carbons (Fsp3) is 0.750. The number of rotatable bonds is 10. The van der Waals surface area contributed by atoms with Crippen LogP contribution in [-0.4, -0.2) is 94.2 Å². The summed E-state index contributed by atoms with van der Waals surface area (Å²) < 4.78 is 11.3. The van der Waals surface area contributed by atoms with Gasteiger partial charge in [0.25, 0.3) is 11.8 Å². The van der Waals surface area contributed by atoms with Crippen LogP contribution < -0.4 is 16.4 Å². The zero-order valence-electron chi connectivity index (χ0n) is 19.3. The number of amides is 4. The van der Waals surface area contributed by atoms with Crippen LogP contribution in [-0.2, 0) is 38.3 Å². The van der Waals surface area contributed by atoms with Crippen LogP contribution in [0.15, 0.2) is 0 Å². The van der Waals surface area contributed by atoms with E-state index < -0.39 is 65.8 Å². The molecule has 2 heterocycles. The highest BCUT2D eigenvalue weighted by atomic mass is 16.7. The van der Waals surface area contributed by atoms with E-state index in [2.05, 4.69) is 10.6 Å². The molecule has 6 N–H and O–H groups in total. The molecule has 6 unspecified atom stereocenters.